The van der Waals surface area contributed by atoms with Crippen molar-refractivity contribution in [3.63, 3.8) is 0 Å². The highest BCUT2D eigenvalue weighted by Gasteiger charge is 2.07. The van der Waals surface area contributed by atoms with E-state index in [4.69, 9.17) is 0 Å². The van der Waals surface area contributed by atoms with Gasteiger partial charge in [-0.15, -0.1) is 0 Å². The van der Waals surface area contributed by atoms with Crippen LogP contribution < -0.4 is 5.32 Å². The molecule has 0 aliphatic heterocycles. The van der Waals surface area contributed by atoms with Crippen LogP contribution in [0.15, 0.2) is 24.4 Å². The molecular weight excluding hydrogens is 246 g/mol. The number of H-pyrrole nitrogens is 1. The molecule has 5 nitrogen and oxygen atoms in total. The van der Waals surface area contributed by atoms with Gasteiger partial charge in [0.2, 0.25) is 5.13 Å². The molecule has 0 saturated heterocycles. The number of hydrogen-bond donors (Lipinski definition) is 2. The lowest BCUT2D eigenvalue weighted by molar-refractivity contribution is 0.800. The Kier molecular flexibility index (Phi) is 2.71. The quantitative estimate of drug-likeness (QED) is 0.757. The molecule has 0 fully saturated rings. The smallest absolute Gasteiger partial charge is 0.207 e. The molecule has 0 aliphatic carbocycles. The van der Waals surface area contributed by atoms with Crippen molar-refractivity contribution in [1.82, 2.24) is 19.6 Å². The van der Waals surface area contributed by atoms with Crippen LogP contribution in [0.4, 0.5) is 10.8 Å². The van der Waals surface area contributed by atoms with Gasteiger partial charge < -0.3 is 5.32 Å². The average molecular weight is 259 g/mol. The maximum absolute atomic E-state index is 4.45. The molecule has 3 aromatic rings. The number of nitrogens with one attached hydrogen (secondary N) is 2. The Bertz CT molecular complexity index is 670. The summed E-state index contributed by atoms with van der Waals surface area (Å²) in [7, 11) is 0. The molecule has 2 heterocycles. The van der Waals surface area contributed by atoms with Crippen LogP contribution >= 0.6 is 11.5 Å². The van der Waals surface area contributed by atoms with Gasteiger partial charge in [0.15, 0.2) is 0 Å². The second-order valence-electron chi connectivity index (χ2n) is 4.41. The molecule has 0 amide bonds. The molecule has 0 radical (unpaired) electrons. The van der Waals surface area contributed by atoms with Crippen molar-refractivity contribution in [3.8, 4) is 0 Å². The summed E-state index contributed by atoms with van der Waals surface area (Å²) in [6.07, 6.45) is 1.81. The van der Waals surface area contributed by atoms with Crippen molar-refractivity contribution in [1.29, 1.82) is 0 Å². The summed E-state index contributed by atoms with van der Waals surface area (Å²) in [6, 6.07) is 6.03. The molecule has 1 aromatic carbocycles. The SMILES string of the molecule is CC(C)c1nsc(Nc2ccc3[nH]ncc3c2)n1. The molecule has 0 unspecified atom stereocenters. The standard InChI is InChI=1S/C12H13N5S/c1-7(2)11-15-12(18-17-11)14-9-3-4-10-8(5-9)6-13-16-10/h3-7H,1-2H3,(H,13,16)(H,14,15,17). The normalized spacial score (nSPS) is 11.3. The summed E-state index contributed by atoms with van der Waals surface area (Å²) in [6.45, 7) is 4.17. The number of nitrogens with zero attached hydrogens (tertiary/aromatic N) is 3. The van der Waals surface area contributed by atoms with E-state index < -0.39 is 0 Å². The van der Waals surface area contributed by atoms with Gasteiger partial charge in [-0.05, 0) is 18.2 Å². The van der Waals surface area contributed by atoms with Gasteiger partial charge in [-0.1, -0.05) is 13.8 Å². The minimum absolute atomic E-state index is 0.355. The highest BCUT2D eigenvalue weighted by molar-refractivity contribution is 7.09. The van der Waals surface area contributed by atoms with E-state index in [1.165, 1.54) is 11.5 Å². The largest absolute Gasteiger partial charge is 0.330 e. The lowest BCUT2D eigenvalue weighted by atomic mass is 10.2. The van der Waals surface area contributed by atoms with Crippen LogP contribution in [0.25, 0.3) is 10.9 Å². The van der Waals surface area contributed by atoms with Crippen molar-refractivity contribution in [3.05, 3.63) is 30.2 Å². The van der Waals surface area contributed by atoms with E-state index in [2.05, 4.69) is 38.7 Å². The Morgan fingerprint density at radius 1 is 1.33 bits per heavy atom. The minimum atomic E-state index is 0.355. The van der Waals surface area contributed by atoms with Crippen LogP contribution in [0.1, 0.15) is 25.6 Å². The van der Waals surface area contributed by atoms with E-state index in [0.29, 0.717) is 5.92 Å². The predicted molar refractivity (Wildman–Crippen MR) is 73.4 cm³/mol. The van der Waals surface area contributed by atoms with Gasteiger partial charge in [-0.2, -0.15) is 9.47 Å². The van der Waals surface area contributed by atoms with E-state index in [1.807, 2.05) is 18.2 Å². The van der Waals surface area contributed by atoms with Gasteiger partial charge in [0, 0.05) is 28.5 Å². The molecule has 0 saturated carbocycles. The third kappa shape index (κ3) is 2.06. The third-order valence-corrected chi connectivity index (χ3v) is 3.29. The molecular formula is C12H13N5S. The van der Waals surface area contributed by atoms with E-state index in [0.717, 1.165) is 27.5 Å². The molecule has 92 valence electrons. The Labute approximate surface area is 108 Å². The Hall–Kier alpha value is -1.95. The zero-order valence-corrected chi connectivity index (χ0v) is 11.0. The number of hydrogen-bond acceptors (Lipinski definition) is 5. The monoisotopic (exact) mass is 259 g/mol. The summed E-state index contributed by atoms with van der Waals surface area (Å²) < 4.78 is 4.31. The van der Waals surface area contributed by atoms with Gasteiger partial charge in [0.1, 0.15) is 5.82 Å². The summed E-state index contributed by atoms with van der Waals surface area (Å²) >= 11 is 1.38. The third-order valence-electron chi connectivity index (χ3n) is 2.65. The van der Waals surface area contributed by atoms with Gasteiger partial charge >= 0.3 is 0 Å². The number of fused-ring (bicyclic) bond motifs is 1. The number of aromatic amines is 1. The van der Waals surface area contributed by atoms with Crippen molar-refractivity contribution in [2.75, 3.05) is 5.32 Å². The first-order valence-corrected chi connectivity index (χ1v) is 6.53. The van der Waals surface area contributed by atoms with Crippen molar-refractivity contribution < 1.29 is 0 Å². The van der Waals surface area contributed by atoms with E-state index in [9.17, 15) is 0 Å². The number of rotatable bonds is 3. The topological polar surface area (TPSA) is 66.5 Å². The summed E-state index contributed by atoms with van der Waals surface area (Å²) in [5.74, 6) is 1.24. The summed E-state index contributed by atoms with van der Waals surface area (Å²) in [4.78, 5) is 4.45. The van der Waals surface area contributed by atoms with Crippen LogP contribution in [0, 0.1) is 0 Å². The number of benzene rings is 1. The molecule has 2 aromatic heterocycles. The molecule has 0 aliphatic rings. The van der Waals surface area contributed by atoms with Gasteiger partial charge in [-0.25, -0.2) is 4.98 Å². The van der Waals surface area contributed by atoms with Crippen LogP contribution in [-0.2, 0) is 0 Å². The fraction of sp³-hybridized carbons (Fsp3) is 0.250. The highest BCUT2D eigenvalue weighted by Crippen LogP contribution is 2.23. The lowest BCUT2D eigenvalue weighted by Gasteiger charge is -2.01. The predicted octanol–water partition coefficient (Wildman–Crippen LogP) is 3.28. The number of aromatic nitrogens is 4. The molecule has 6 heteroatoms. The molecule has 0 bridgehead atoms. The zero-order valence-electron chi connectivity index (χ0n) is 10.1. The fourth-order valence-corrected chi connectivity index (χ4v) is 2.39. The van der Waals surface area contributed by atoms with E-state index >= 15 is 0 Å². The lowest BCUT2D eigenvalue weighted by Crippen LogP contribution is -1.92. The van der Waals surface area contributed by atoms with Crippen molar-refractivity contribution in [2.24, 2.45) is 0 Å². The van der Waals surface area contributed by atoms with Crippen LogP contribution in [-0.4, -0.2) is 19.6 Å². The van der Waals surface area contributed by atoms with Gasteiger partial charge in [0.05, 0.1) is 11.7 Å². The van der Waals surface area contributed by atoms with E-state index in [-0.39, 0.29) is 0 Å². The van der Waals surface area contributed by atoms with Crippen LogP contribution in [0.2, 0.25) is 0 Å². The summed E-state index contributed by atoms with van der Waals surface area (Å²) in [5.41, 5.74) is 2.02. The van der Waals surface area contributed by atoms with Crippen molar-refractivity contribution in [2.45, 2.75) is 19.8 Å². The van der Waals surface area contributed by atoms with E-state index in [1.54, 1.807) is 6.20 Å². The zero-order chi connectivity index (χ0) is 12.5. The Balaban J connectivity index is 1.86. The first-order chi connectivity index (χ1) is 8.72. The number of anilines is 2. The van der Waals surface area contributed by atoms with Crippen molar-refractivity contribution >= 4 is 33.3 Å². The first kappa shape index (κ1) is 11.2. The Morgan fingerprint density at radius 3 is 3.00 bits per heavy atom. The second-order valence-corrected chi connectivity index (χ2v) is 5.16. The second kappa shape index (κ2) is 4.38. The molecule has 2 N–H and O–H groups in total. The Morgan fingerprint density at radius 2 is 2.22 bits per heavy atom. The maximum Gasteiger partial charge on any atom is 0.207 e. The maximum atomic E-state index is 4.45. The van der Waals surface area contributed by atoms with Gasteiger partial charge in [0.25, 0.3) is 0 Å². The van der Waals surface area contributed by atoms with Crippen LogP contribution in [0.3, 0.4) is 0 Å². The molecule has 0 atom stereocenters. The molecule has 0 spiro atoms. The first-order valence-electron chi connectivity index (χ1n) is 5.76. The average Bonchev–Trinajstić information content (AvgIpc) is 2.96. The molecule has 18 heavy (non-hydrogen) atoms. The van der Waals surface area contributed by atoms with Crippen LogP contribution in [0.5, 0.6) is 0 Å². The molecule has 3 rings (SSSR count). The fourth-order valence-electron chi connectivity index (χ4n) is 1.66. The van der Waals surface area contributed by atoms with Gasteiger partial charge in [-0.3, -0.25) is 5.10 Å². The minimum Gasteiger partial charge on any atom is -0.330 e. The summed E-state index contributed by atoms with van der Waals surface area (Å²) in [5, 5.41) is 12.1. The highest BCUT2D eigenvalue weighted by atomic mass is 32.1.